The molecule has 5 aromatic carbocycles. The van der Waals surface area contributed by atoms with Crippen LogP contribution in [0.4, 0.5) is 0 Å². The number of benzene rings is 5. The van der Waals surface area contributed by atoms with Crippen LogP contribution in [0.15, 0.2) is 120 Å². The maximum absolute atomic E-state index is 9.23. The number of aromatic nitrogens is 2. The first kappa shape index (κ1) is 28.1. The fourth-order valence-corrected chi connectivity index (χ4v) is 6.97. The first-order valence-electron chi connectivity index (χ1n) is 19.5. The van der Waals surface area contributed by atoms with Gasteiger partial charge in [-0.2, -0.15) is 0 Å². The standard InChI is InChI=1S/C32H26NO.C14H14N.Ir/c1-20-19-33-30(17-27(20)21-8-3-2-4-9-21)26-13-7-12-25-29-16-23-15-14-22-10-5-6-11-24(22)28(23)18-31(29)34-32(25)26;1-11(2)13-8-9-14(15-10-13)12-6-4-3-5-7-12;/h5-7,10-12,14-19,21H,2-4,8-9H2,1H3;3-6,8-11H,1-2H3;/q2*-1;/i1D3,21D;11D;. The van der Waals surface area contributed by atoms with Gasteiger partial charge in [0.05, 0.1) is 5.58 Å². The van der Waals surface area contributed by atoms with Crippen LogP contribution in [0, 0.1) is 19.0 Å². The van der Waals surface area contributed by atoms with E-state index in [2.05, 4.69) is 64.6 Å². The van der Waals surface area contributed by atoms with Gasteiger partial charge in [0, 0.05) is 44.7 Å². The number of hydrogen-bond acceptors (Lipinski definition) is 3. The van der Waals surface area contributed by atoms with Crippen LogP contribution in [-0.4, -0.2) is 9.97 Å². The Bertz CT molecular complexity index is 2620. The number of nitrogens with zero attached hydrogens (tertiary/aromatic N) is 2. The maximum atomic E-state index is 9.23. The third-order valence-electron chi connectivity index (χ3n) is 9.62. The molecule has 0 N–H and O–H groups in total. The Morgan fingerprint density at radius 2 is 1.58 bits per heavy atom. The number of hydrogen-bond donors (Lipinski definition) is 0. The molecular formula is C46H40IrN2O-2. The topological polar surface area (TPSA) is 38.9 Å². The van der Waals surface area contributed by atoms with Crippen molar-refractivity contribution < 1.29 is 31.4 Å². The quantitative estimate of drug-likeness (QED) is 0.131. The maximum Gasteiger partial charge on any atom is 0.121 e. The molecule has 1 aliphatic carbocycles. The third kappa shape index (κ3) is 6.63. The van der Waals surface area contributed by atoms with E-state index in [1.165, 1.54) is 17.0 Å². The average Bonchev–Trinajstić information content (AvgIpc) is 3.55. The Hall–Kier alpha value is -4.63. The minimum atomic E-state index is -2.33. The van der Waals surface area contributed by atoms with Crippen molar-refractivity contribution in [2.45, 2.75) is 64.6 Å². The molecule has 0 spiro atoms. The second-order valence-electron chi connectivity index (χ2n) is 13.0. The molecule has 8 aromatic rings. The van der Waals surface area contributed by atoms with Crippen molar-refractivity contribution >= 4 is 43.5 Å². The molecule has 0 saturated heterocycles. The van der Waals surface area contributed by atoms with Crippen molar-refractivity contribution in [2.24, 2.45) is 0 Å². The summed E-state index contributed by atoms with van der Waals surface area (Å²) in [6.45, 7) is 1.39. The van der Waals surface area contributed by atoms with Crippen molar-refractivity contribution in [3.05, 3.63) is 144 Å². The van der Waals surface area contributed by atoms with Crippen LogP contribution in [0.1, 0.15) is 81.3 Å². The molecule has 50 heavy (non-hydrogen) atoms. The SMILES string of the molecule is [2H]C(C)(C)c1ccc(-c2[c-]cccc2)nc1.[2H]C([2H])([2H])c1cnc(-c2[c-]ccc3c2oc2cc4c(ccc5ccccc54)cc23)cc1C1([2H])CCCCC1.[Ir]. The molecule has 1 aliphatic rings. The van der Waals surface area contributed by atoms with Gasteiger partial charge < -0.3 is 14.4 Å². The van der Waals surface area contributed by atoms with Gasteiger partial charge in [0.15, 0.2) is 0 Å². The minimum Gasteiger partial charge on any atom is -0.501 e. The Labute approximate surface area is 315 Å². The summed E-state index contributed by atoms with van der Waals surface area (Å²) in [5, 5.41) is 6.62. The number of rotatable bonds is 4. The summed E-state index contributed by atoms with van der Waals surface area (Å²) in [4.78, 5) is 8.95. The normalized spacial score (nSPS) is 16.0. The molecule has 0 unspecified atom stereocenters. The van der Waals surface area contributed by atoms with Crippen molar-refractivity contribution in [1.82, 2.24) is 9.97 Å². The van der Waals surface area contributed by atoms with Crippen molar-refractivity contribution in [3.63, 3.8) is 0 Å². The van der Waals surface area contributed by atoms with E-state index in [4.69, 9.17) is 9.90 Å². The number of aryl methyl sites for hydroxylation is 1. The van der Waals surface area contributed by atoms with E-state index in [1.807, 2.05) is 74.5 Å². The molecule has 1 radical (unpaired) electrons. The van der Waals surface area contributed by atoms with Crippen LogP contribution in [0.25, 0.3) is 66.0 Å². The van der Waals surface area contributed by atoms with Crippen LogP contribution in [0.5, 0.6) is 0 Å². The molecule has 3 heterocycles. The fraction of sp³-hybridized carbons (Fsp3) is 0.217. The first-order chi connectivity index (χ1) is 25.9. The summed E-state index contributed by atoms with van der Waals surface area (Å²) in [7, 11) is 0. The first-order valence-corrected chi connectivity index (χ1v) is 17.0. The minimum absolute atomic E-state index is 0. The van der Waals surface area contributed by atoms with E-state index in [1.54, 1.807) is 6.20 Å². The van der Waals surface area contributed by atoms with Crippen LogP contribution >= 0.6 is 0 Å². The van der Waals surface area contributed by atoms with Crippen LogP contribution < -0.4 is 0 Å². The van der Waals surface area contributed by atoms with Crippen molar-refractivity contribution in [1.29, 1.82) is 0 Å². The molecule has 0 aliphatic heterocycles. The Kier molecular flexibility index (Phi) is 8.26. The van der Waals surface area contributed by atoms with E-state index in [0.717, 1.165) is 63.2 Å². The summed E-state index contributed by atoms with van der Waals surface area (Å²) in [6.07, 6.45) is 7.44. The Morgan fingerprint density at radius 1 is 0.760 bits per heavy atom. The molecule has 3 nitrogen and oxygen atoms in total. The molecule has 3 aromatic heterocycles. The Morgan fingerprint density at radius 3 is 2.36 bits per heavy atom. The molecule has 4 heteroatoms. The second kappa shape index (κ2) is 14.7. The number of furan rings is 1. The van der Waals surface area contributed by atoms with E-state index in [-0.39, 0.29) is 25.7 Å². The zero-order valence-corrected chi connectivity index (χ0v) is 30.5. The predicted octanol–water partition coefficient (Wildman–Crippen LogP) is 12.8. The average molecular weight is 834 g/mol. The van der Waals surface area contributed by atoms with Gasteiger partial charge in [0.1, 0.15) is 5.58 Å². The fourth-order valence-electron chi connectivity index (χ4n) is 6.97. The molecule has 251 valence electrons. The molecule has 0 amide bonds. The number of pyridine rings is 2. The van der Waals surface area contributed by atoms with E-state index < -0.39 is 18.6 Å². The predicted molar refractivity (Wildman–Crippen MR) is 204 cm³/mol. The third-order valence-corrected chi connectivity index (χ3v) is 9.62. The monoisotopic (exact) mass is 834 g/mol. The van der Waals surface area contributed by atoms with Gasteiger partial charge in [-0.3, -0.25) is 0 Å². The summed E-state index contributed by atoms with van der Waals surface area (Å²) < 4.78 is 47.9. The van der Waals surface area contributed by atoms with Gasteiger partial charge in [-0.1, -0.05) is 98.7 Å². The smallest absolute Gasteiger partial charge is 0.121 e. The zero-order valence-electron chi connectivity index (χ0n) is 33.1. The molecular weight excluding hydrogens is 789 g/mol. The Balaban J connectivity index is 0.000000231. The van der Waals surface area contributed by atoms with Crippen LogP contribution in [0.2, 0.25) is 0 Å². The molecule has 9 rings (SSSR count). The summed E-state index contributed by atoms with van der Waals surface area (Å²) in [5.41, 5.74) is 6.26. The largest absolute Gasteiger partial charge is 0.501 e. The summed E-state index contributed by atoms with van der Waals surface area (Å²) in [5.74, 6) is -1.52. The van der Waals surface area contributed by atoms with Gasteiger partial charge in [0.25, 0.3) is 0 Å². The van der Waals surface area contributed by atoms with Gasteiger partial charge in [0.2, 0.25) is 0 Å². The van der Waals surface area contributed by atoms with Gasteiger partial charge >= 0.3 is 0 Å². The van der Waals surface area contributed by atoms with Gasteiger partial charge in [-0.25, -0.2) is 0 Å². The number of fused-ring (bicyclic) bond motifs is 6. The van der Waals surface area contributed by atoms with E-state index in [0.29, 0.717) is 35.2 Å². The zero-order chi connectivity index (χ0) is 37.7. The van der Waals surface area contributed by atoms with E-state index >= 15 is 0 Å². The molecule has 1 fully saturated rings. The van der Waals surface area contributed by atoms with Gasteiger partial charge in [-0.05, 0) is 93.2 Å². The van der Waals surface area contributed by atoms with Crippen LogP contribution in [0.3, 0.4) is 0 Å². The van der Waals surface area contributed by atoms with Crippen molar-refractivity contribution in [3.8, 4) is 22.5 Å². The van der Waals surface area contributed by atoms with Crippen LogP contribution in [-0.2, 0) is 20.1 Å². The molecule has 0 atom stereocenters. The molecule has 0 bridgehead atoms. The summed E-state index contributed by atoms with van der Waals surface area (Å²) >= 11 is 0. The molecule has 1 saturated carbocycles. The summed E-state index contributed by atoms with van der Waals surface area (Å²) in [6, 6.07) is 40.7. The second-order valence-corrected chi connectivity index (χ2v) is 13.0. The van der Waals surface area contributed by atoms with Gasteiger partial charge in [-0.15, -0.1) is 54.1 Å². The van der Waals surface area contributed by atoms with E-state index in [9.17, 15) is 1.37 Å². The van der Waals surface area contributed by atoms with Crippen molar-refractivity contribution in [2.75, 3.05) is 0 Å².